The molecule has 2 aliphatic rings. The molecule has 0 N–H and O–H groups in total. The Morgan fingerprint density at radius 2 is 1.87 bits per heavy atom. The Hall–Kier alpha value is -1.24. The van der Waals surface area contributed by atoms with E-state index < -0.39 is 23.6 Å². The number of thioether (sulfide) groups is 1. The van der Waals surface area contributed by atoms with Gasteiger partial charge in [0.25, 0.3) is 0 Å². The molecule has 7 heteroatoms. The number of carbonyl (C=O) groups excluding carboxylic acids is 3. The first kappa shape index (κ1) is 18.1. The fourth-order valence-corrected chi connectivity index (χ4v) is 5.27. The number of hydrogen-bond acceptors (Lipinski definition) is 6. The maximum absolute atomic E-state index is 12.5. The van der Waals surface area contributed by atoms with Crippen molar-refractivity contribution in [2.45, 2.75) is 57.7 Å². The molecule has 2 fully saturated rings. The molecule has 1 aliphatic carbocycles. The van der Waals surface area contributed by atoms with Crippen LogP contribution in [-0.4, -0.2) is 46.3 Å². The molecule has 0 spiro atoms. The quantitative estimate of drug-likeness (QED) is 0.640. The number of fused-ring (bicyclic) bond motifs is 2. The lowest BCUT2D eigenvalue weighted by atomic mass is 9.65. The summed E-state index contributed by atoms with van der Waals surface area (Å²) >= 11 is 0.812. The topological polar surface area (TPSA) is 101 Å². The predicted octanol–water partition coefficient (Wildman–Crippen LogP) is -0.595. The molecule has 0 radical (unpaired) electrons. The number of amides is 1. The van der Waals surface area contributed by atoms with Gasteiger partial charge in [0.05, 0.1) is 17.0 Å². The van der Waals surface area contributed by atoms with Crippen molar-refractivity contribution in [1.29, 1.82) is 0 Å². The SMILES string of the molecule is CC1(C)C[C@H]2C[C@](C)(CN2C(=O)CS[C@@H](CC(=O)[O-])C(=O)[O-])C1. The third-order valence-electron chi connectivity index (χ3n) is 4.76. The van der Waals surface area contributed by atoms with E-state index in [1.807, 2.05) is 4.90 Å². The monoisotopic (exact) mass is 341 g/mol. The third-order valence-corrected chi connectivity index (χ3v) is 5.93. The maximum Gasteiger partial charge on any atom is 0.232 e. The summed E-state index contributed by atoms with van der Waals surface area (Å²) in [6, 6.07) is 0.194. The van der Waals surface area contributed by atoms with E-state index in [4.69, 9.17) is 0 Å². The van der Waals surface area contributed by atoms with Crippen molar-refractivity contribution in [3.63, 3.8) is 0 Å². The van der Waals surface area contributed by atoms with E-state index in [9.17, 15) is 24.6 Å². The summed E-state index contributed by atoms with van der Waals surface area (Å²) in [7, 11) is 0. The van der Waals surface area contributed by atoms with Crippen LogP contribution in [0.5, 0.6) is 0 Å². The van der Waals surface area contributed by atoms with Crippen molar-refractivity contribution in [2.75, 3.05) is 12.3 Å². The normalized spacial score (nSPS) is 30.0. The molecule has 2 bridgehead atoms. The highest BCUT2D eigenvalue weighted by Crippen LogP contribution is 2.52. The van der Waals surface area contributed by atoms with Crippen molar-refractivity contribution in [2.24, 2.45) is 10.8 Å². The van der Waals surface area contributed by atoms with Gasteiger partial charge >= 0.3 is 0 Å². The summed E-state index contributed by atoms with van der Waals surface area (Å²) in [5, 5.41) is 20.3. The van der Waals surface area contributed by atoms with Crippen LogP contribution in [0.1, 0.15) is 46.5 Å². The number of carboxylic acid groups (broad SMARTS) is 2. The molecule has 0 unspecified atom stereocenters. The van der Waals surface area contributed by atoms with Gasteiger partial charge < -0.3 is 24.7 Å². The zero-order chi connectivity index (χ0) is 17.4. The number of hydrogen-bond donors (Lipinski definition) is 0. The number of nitrogens with zero attached hydrogens (tertiary/aromatic N) is 1. The number of aliphatic carboxylic acids is 2. The second-order valence-corrected chi connectivity index (χ2v) is 9.12. The van der Waals surface area contributed by atoms with Gasteiger partial charge in [-0.3, -0.25) is 4.79 Å². The minimum atomic E-state index is -1.47. The van der Waals surface area contributed by atoms with Gasteiger partial charge in [0.2, 0.25) is 5.91 Å². The minimum Gasteiger partial charge on any atom is -0.550 e. The van der Waals surface area contributed by atoms with Crippen LogP contribution >= 0.6 is 11.8 Å². The molecular formula is C16H23NO5S-2. The molecule has 0 aromatic heterocycles. The van der Waals surface area contributed by atoms with Crippen LogP contribution < -0.4 is 10.2 Å². The lowest BCUT2D eigenvalue weighted by Gasteiger charge is -2.39. The molecule has 0 aromatic carbocycles. The van der Waals surface area contributed by atoms with E-state index >= 15 is 0 Å². The van der Waals surface area contributed by atoms with Crippen LogP contribution in [0.15, 0.2) is 0 Å². The van der Waals surface area contributed by atoms with Gasteiger partial charge in [-0.05, 0) is 30.1 Å². The Bertz CT molecular complexity index is 521. The summed E-state index contributed by atoms with van der Waals surface area (Å²) in [5.74, 6) is -3.09. The minimum absolute atomic E-state index is 0.0427. The summed E-state index contributed by atoms with van der Waals surface area (Å²) in [4.78, 5) is 35.8. The zero-order valence-electron chi connectivity index (χ0n) is 13.8. The van der Waals surface area contributed by atoms with Crippen LogP contribution in [0.4, 0.5) is 0 Å². The van der Waals surface area contributed by atoms with Crippen LogP contribution in [-0.2, 0) is 14.4 Å². The lowest BCUT2D eigenvalue weighted by Crippen LogP contribution is -2.41. The highest BCUT2D eigenvalue weighted by Gasteiger charge is 2.50. The van der Waals surface area contributed by atoms with Crippen molar-refractivity contribution >= 4 is 29.6 Å². The molecule has 1 aliphatic heterocycles. The van der Waals surface area contributed by atoms with Crippen LogP contribution in [0.3, 0.4) is 0 Å². The van der Waals surface area contributed by atoms with Crippen molar-refractivity contribution in [1.82, 2.24) is 4.90 Å². The Morgan fingerprint density at radius 1 is 1.22 bits per heavy atom. The number of carbonyl (C=O) groups is 3. The van der Waals surface area contributed by atoms with Gasteiger partial charge in [0.1, 0.15) is 0 Å². The summed E-state index contributed by atoms with van der Waals surface area (Å²) in [6.07, 6.45) is 2.35. The van der Waals surface area contributed by atoms with Crippen molar-refractivity contribution in [3.05, 3.63) is 0 Å². The Kier molecular flexibility index (Phi) is 4.99. The maximum atomic E-state index is 12.5. The molecule has 0 aromatic rings. The Labute approximate surface area is 140 Å². The first-order valence-electron chi connectivity index (χ1n) is 7.83. The standard InChI is InChI=1S/C16H25NO5S/c1-15(2)5-10-6-16(3,8-15)9-17(10)12(18)7-23-11(14(21)22)4-13(19)20/h10-11H,4-9H2,1-3H3,(H,19,20)(H,21,22)/p-2/t10-,11-,16-/m0/s1. The Morgan fingerprint density at radius 3 is 2.43 bits per heavy atom. The molecule has 1 saturated carbocycles. The highest BCUT2D eigenvalue weighted by molar-refractivity contribution is 8.01. The first-order valence-corrected chi connectivity index (χ1v) is 8.88. The van der Waals surface area contributed by atoms with Crippen LogP contribution in [0.25, 0.3) is 0 Å². The van der Waals surface area contributed by atoms with Gasteiger partial charge in [0, 0.05) is 25.0 Å². The second-order valence-electron chi connectivity index (χ2n) is 7.93. The molecule has 1 amide bonds. The number of rotatable bonds is 6. The molecule has 1 heterocycles. The summed E-state index contributed by atoms with van der Waals surface area (Å²) in [5.41, 5.74) is 0.313. The van der Waals surface area contributed by atoms with Gasteiger partial charge in [-0.25, -0.2) is 0 Å². The smallest absolute Gasteiger partial charge is 0.232 e. The fourth-order valence-electron chi connectivity index (χ4n) is 4.37. The van der Waals surface area contributed by atoms with Crippen LogP contribution in [0.2, 0.25) is 0 Å². The molecule has 3 atom stereocenters. The van der Waals surface area contributed by atoms with Gasteiger partial charge in [-0.1, -0.05) is 20.8 Å². The molecule has 1 saturated heterocycles. The number of carboxylic acids is 2. The second kappa shape index (κ2) is 6.34. The van der Waals surface area contributed by atoms with Gasteiger partial charge in [0.15, 0.2) is 0 Å². The van der Waals surface area contributed by atoms with E-state index in [2.05, 4.69) is 20.8 Å². The Balaban J connectivity index is 1.96. The zero-order valence-corrected chi connectivity index (χ0v) is 14.6. The summed E-state index contributed by atoms with van der Waals surface area (Å²) < 4.78 is 0. The third kappa shape index (κ3) is 4.40. The van der Waals surface area contributed by atoms with Gasteiger partial charge in [-0.2, -0.15) is 0 Å². The molecule has 23 heavy (non-hydrogen) atoms. The van der Waals surface area contributed by atoms with Gasteiger partial charge in [-0.15, -0.1) is 11.8 Å². The predicted molar refractivity (Wildman–Crippen MR) is 82.1 cm³/mol. The average Bonchev–Trinajstić information content (AvgIpc) is 2.62. The highest BCUT2D eigenvalue weighted by atomic mass is 32.2. The molecule has 2 rings (SSSR count). The average molecular weight is 341 g/mol. The molecular weight excluding hydrogens is 318 g/mol. The van der Waals surface area contributed by atoms with Crippen molar-refractivity contribution < 1.29 is 24.6 Å². The summed E-state index contributed by atoms with van der Waals surface area (Å²) in [6.45, 7) is 7.32. The first-order chi connectivity index (χ1) is 10.5. The largest absolute Gasteiger partial charge is 0.550 e. The van der Waals surface area contributed by atoms with Crippen LogP contribution in [0, 0.1) is 10.8 Å². The lowest BCUT2D eigenvalue weighted by molar-refractivity contribution is -0.314. The van der Waals surface area contributed by atoms with E-state index in [-0.39, 0.29) is 28.5 Å². The van der Waals surface area contributed by atoms with E-state index in [1.54, 1.807) is 0 Å². The fraction of sp³-hybridized carbons (Fsp3) is 0.812. The molecule has 6 nitrogen and oxygen atoms in total. The van der Waals surface area contributed by atoms with E-state index in [1.165, 1.54) is 0 Å². The van der Waals surface area contributed by atoms with Crippen molar-refractivity contribution in [3.8, 4) is 0 Å². The van der Waals surface area contributed by atoms with E-state index in [0.717, 1.165) is 31.0 Å². The van der Waals surface area contributed by atoms with E-state index in [0.29, 0.717) is 6.54 Å². The number of likely N-dealkylation sites (tertiary alicyclic amines) is 1. The molecule has 130 valence electrons.